The van der Waals surface area contributed by atoms with Crippen LogP contribution in [0, 0.1) is 12.7 Å². The van der Waals surface area contributed by atoms with Crippen molar-refractivity contribution in [2.24, 2.45) is 0 Å². The van der Waals surface area contributed by atoms with Gasteiger partial charge in [0.25, 0.3) is 11.8 Å². The number of methoxy groups -OCH3 is 1. The van der Waals surface area contributed by atoms with E-state index in [4.69, 9.17) is 9.47 Å². The molecule has 2 saturated heterocycles. The van der Waals surface area contributed by atoms with E-state index in [1.807, 2.05) is 31.2 Å². The number of nitrogens with zero attached hydrogens (tertiary/aromatic N) is 3. The van der Waals surface area contributed by atoms with E-state index in [2.05, 4.69) is 39.3 Å². The van der Waals surface area contributed by atoms with Crippen LogP contribution < -0.4 is 25.0 Å². The molecule has 2 aliphatic heterocycles. The summed E-state index contributed by atoms with van der Waals surface area (Å²) in [6.07, 6.45) is 5.30. The Balaban J connectivity index is 1.15. The fourth-order valence-electron chi connectivity index (χ4n) is 6.83. The van der Waals surface area contributed by atoms with Crippen molar-refractivity contribution < 1.29 is 23.5 Å². The number of halogens is 1. The number of hydrogen-bond acceptors (Lipinski definition) is 7. The summed E-state index contributed by atoms with van der Waals surface area (Å²) < 4.78 is 26.1. The minimum atomic E-state index is -0.539. The molecule has 0 spiro atoms. The van der Waals surface area contributed by atoms with E-state index in [-0.39, 0.29) is 29.9 Å². The third-order valence-electron chi connectivity index (χ3n) is 9.45. The molecule has 0 radical (unpaired) electrons. The van der Waals surface area contributed by atoms with E-state index >= 15 is 0 Å². The van der Waals surface area contributed by atoms with Gasteiger partial charge in [0.2, 0.25) is 0 Å². The SMILES string of the molecule is CCN(CC)CCOc1ccc([C@H](C)NC(=O)c2ccc(N3[C@@H]4CC[C@H]3CC(NC(=O)c3cccc(OC)c3C)C4)nc2)c(F)c1. The minimum Gasteiger partial charge on any atom is -0.496 e. The van der Waals surface area contributed by atoms with Gasteiger partial charge in [-0.1, -0.05) is 26.0 Å². The average molecular weight is 632 g/mol. The molecular formula is C36H46FN5O4. The number of pyridine rings is 1. The summed E-state index contributed by atoms with van der Waals surface area (Å²) in [5, 5.41) is 6.15. The monoisotopic (exact) mass is 631 g/mol. The van der Waals surface area contributed by atoms with E-state index in [1.54, 1.807) is 38.4 Å². The smallest absolute Gasteiger partial charge is 0.253 e. The number of anilines is 1. The number of rotatable bonds is 13. The predicted molar refractivity (Wildman–Crippen MR) is 177 cm³/mol. The molecular weight excluding hydrogens is 585 g/mol. The molecule has 10 heteroatoms. The second kappa shape index (κ2) is 14.9. The molecule has 2 N–H and O–H groups in total. The van der Waals surface area contributed by atoms with Crippen LogP contribution in [0.1, 0.15) is 84.3 Å². The second-order valence-corrected chi connectivity index (χ2v) is 12.2. The van der Waals surface area contributed by atoms with Gasteiger partial charge in [-0.25, -0.2) is 9.37 Å². The van der Waals surface area contributed by atoms with Crippen LogP contribution in [0.5, 0.6) is 11.5 Å². The molecule has 2 amide bonds. The summed E-state index contributed by atoms with van der Waals surface area (Å²) in [4.78, 5) is 35.4. The number of piperidine rings is 1. The molecule has 2 fully saturated rings. The van der Waals surface area contributed by atoms with E-state index in [9.17, 15) is 14.0 Å². The maximum Gasteiger partial charge on any atom is 0.253 e. The van der Waals surface area contributed by atoms with Crippen molar-refractivity contribution in [3.63, 3.8) is 0 Å². The van der Waals surface area contributed by atoms with Crippen LogP contribution in [-0.2, 0) is 0 Å². The Labute approximate surface area is 271 Å². The number of aromatic nitrogens is 1. The Kier molecular flexibility index (Phi) is 10.8. The lowest BCUT2D eigenvalue weighted by Crippen LogP contribution is -2.50. The average Bonchev–Trinajstić information content (AvgIpc) is 3.32. The zero-order valence-electron chi connectivity index (χ0n) is 27.5. The highest BCUT2D eigenvalue weighted by Gasteiger charge is 2.42. The molecule has 0 aliphatic carbocycles. The fourth-order valence-corrected chi connectivity index (χ4v) is 6.83. The number of amides is 2. The summed E-state index contributed by atoms with van der Waals surface area (Å²) in [5.74, 6) is 1.19. The van der Waals surface area contributed by atoms with Gasteiger partial charge in [0, 0.05) is 53.6 Å². The van der Waals surface area contributed by atoms with E-state index in [0.717, 1.165) is 56.7 Å². The summed E-state index contributed by atoms with van der Waals surface area (Å²) >= 11 is 0. The normalized spacial score (nSPS) is 19.5. The molecule has 46 heavy (non-hydrogen) atoms. The first-order valence-electron chi connectivity index (χ1n) is 16.4. The number of likely N-dealkylation sites (N-methyl/N-ethyl adjacent to an activating group) is 1. The maximum atomic E-state index is 15.0. The largest absolute Gasteiger partial charge is 0.496 e. The molecule has 0 saturated carbocycles. The summed E-state index contributed by atoms with van der Waals surface area (Å²) in [6.45, 7) is 11.0. The third kappa shape index (κ3) is 7.44. The van der Waals surface area contributed by atoms with Crippen molar-refractivity contribution >= 4 is 17.6 Å². The van der Waals surface area contributed by atoms with Crippen LogP contribution in [0.4, 0.5) is 10.2 Å². The zero-order valence-corrected chi connectivity index (χ0v) is 27.5. The van der Waals surface area contributed by atoms with Gasteiger partial charge in [0.05, 0.1) is 18.7 Å². The number of carbonyl (C=O) groups excluding carboxylic acids is 2. The molecule has 1 aromatic heterocycles. The van der Waals surface area contributed by atoms with Crippen LogP contribution in [0.15, 0.2) is 54.7 Å². The number of nitrogens with one attached hydrogen (secondary N) is 2. The van der Waals surface area contributed by atoms with Crippen LogP contribution in [0.2, 0.25) is 0 Å². The standard InChI is InChI=1S/C36H46FN5O4/c1-6-41(7-2)17-18-46-29-14-15-31(32(37)21-29)24(4)39-35(43)25-11-16-34(38-22-25)42-27-12-13-28(42)20-26(19-27)40-36(44)30-9-8-10-33(45-5)23(30)3/h8-11,14-16,21-22,24,26-28H,6-7,12-13,17-20H2,1-5H3,(H,39,43)(H,40,44)/t24-,26?,27-,28+/m0/s1. The molecule has 2 aromatic carbocycles. The molecule has 4 atom stereocenters. The fraction of sp³-hybridized carbons (Fsp3) is 0.472. The number of fused-ring (bicyclic) bond motifs is 2. The molecule has 9 nitrogen and oxygen atoms in total. The maximum absolute atomic E-state index is 15.0. The molecule has 3 heterocycles. The lowest BCUT2D eigenvalue weighted by Gasteiger charge is -2.40. The number of benzene rings is 2. The van der Waals surface area contributed by atoms with E-state index < -0.39 is 11.9 Å². The second-order valence-electron chi connectivity index (χ2n) is 12.2. The van der Waals surface area contributed by atoms with Crippen molar-refractivity contribution in [2.75, 3.05) is 38.3 Å². The van der Waals surface area contributed by atoms with Crippen LogP contribution in [0.25, 0.3) is 0 Å². The molecule has 3 aromatic rings. The lowest BCUT2D eigenvalue weighted by molar-refractivity contribution is 0.0922. The van der Waals surface area contributed by atoms with Crippen LogP contribution in [-0.4, -0.2) is 73.2 Å². The van der Waals surface area contributed by atoms with Crippen molar-refractivity contribution in [3.8, 4) is 11.5 Å². The lowest BCUT2D eigenvalue weighted by atomic mass is 9.96. The first kappa shape index (κ1) is 33.2. The Hall–Kier alpha value is -4.18. The van der Waals surface area contributed by atoms with E-state index in [1.165, 1.54) is 6.07 Å². The molecule has 2 bridgehead atoms. The van der Waals surface area contributed by atoms with Gasteiger partial charge in [0.15, 0.2) is 0 Å². The molecule has 1 unspecified atom stereocenters. The highest BCUT2D eigenvalue weighted by Crippen LogP contribution is 2.39. The van der Waals surface area contributed by atoms with Gasteiger partial charge in [-0.3, -0.25) is 9.59 Å². The number of hydrogen-bond donors (Lipinski definition) is 2. The number of ether oxygens (including phenoxy) is 2. The van der Waals surface area contributed by atoms with Crippen molar-refractivity contribution in [1.29, 1.82) is 0 Å². The van der Waals surface area contributed by atoms with Crippen molar-refractivity contribution in [3.05, 3.63) is 82.8 Å². The highest BCUT2D eigenvalue weighted by molar-refractivity contribution is 5.96. The minimum absolute atomic E-state index is 0.0758. The van der Waals surface area contributed by atoms with Crippen LogP contribution in [0.3, 0.4) is 0 Å². The number of carbonyl (C=O) groups is 2. The summed E-state index contributed by atoms with van der Waals surface area (Å²) in [5.41, 5.74) is 2.27. The third-order valence-corrected chi connectivity index (χ3v) is 9.45. The van der Waals surface area contributed by atoms with Gasteiger partial charge in [-0.15, -0.1) is 0 Å². The van der Waals surface area contributed by atoms with Crippen LogP contribution >= 0.6 is 0 Å². The molecule has 5 rings (SSSR count). The Bertz CT molecular complexity index is 1500. The van der Waals surface area contributed by atoms with Crippen molar-refractivity contribution in [1.82, 2.24) is 20.5 Å². The van der Waals surface area contributed by atoms with Gasteiger partial charge in [-0.05, 0) is 83.0 Å². The van der Waals surface area contributed by atoms with E-state index in [0.29, 0.717) is 34.8 Å². The van der Waals surface area contributed by atoms with Crippen molar-refractivity contribution in [2.45, 2.75) is 77.5 Å². The summed E-state index contributed by atoms with van der Waals surface area (Å²) in [6, 6.07) is 14.0. The van der Waals surface area contributed by atoms with Gasteiger partial charge in [0.1, 0.15) is 29.7 Å². The quantitative estimate of drug-likeness (QED) is 0.251. The van der Waals surface area contributed by atoms with Gasteiger partial charge >= 0.3 is 0 Å². The Morgan fingerprint density at radius 2 is 1.80 bits per heavy atom. The zero-order chi connectivity index (χ0) is 32.8. The first-order valence-corrected chi connectivity index (χ1v) is 16.4. The topological polar surface area (TPSA) is 96.0 Å². The van der Waals surface area contributed by atoms with Gasteiger partial charge in [-0.2, -0.15) is 0 Å². The Morgan fingerprint density at radius 1 is 1.07 bits per heavy atom. The molecule has 246 valence electrons. The van der Waals surface area contributed by atoms with Gasteiger partial charge < -0.3 is 29.9 Å². The predicted octanol–water partition coefficient (Wildman–Crippen LogP) is 5.68. The Morgan fingerprint density at radius 3 is 2.43 bits per heavy atom. The summed E-state index contributed by atoms with van der Waals surface area (Å²) in [7, 11) is 1.61. The first-order chi connectivity index (χ1) is 22.2. The highest BCUT2D eigenvalue weighted by atomic mass is 19.1. The molecule has 2 aliphatic rings.